The lowest BCUT2D eigenvalue weighted by atomic mass is 10.1. The third kappa shape index (κ3) is 3.16. The zero-order chi connectivity index (χ0) is 15.4. The van der Waals surface area contributed by atoms with Crippen LogP contribution < -0.4 is 0 Å². The van der Waals surface area contributed by atoms with E-state index in [9.17, 15) is 4.79 Å². The van der Waals surface area contributed by atoms with Crippen LogP contribution in [0.5, 0.6) is 0 Å². The Balaban J connectivity index is 1.65. The van der Waals surface area contributed by atoms with E-state index in [1.807, 2.05) is 10.9 Å². The van der Waals surface area contributed by atoms with Gasteiger partial charge in [0.05, 0.1) is 12.5 Å². The number of hydrogen-bond donors (Lipinski definition) is 0. The second-order valence-corrected chi connectivity index (χ2v) is 5.12. The Morgan fingerprint density at radius 1 is 1.36 bits per heavy atom. The quantitative estimate of drug-likeness (QED) is 0.625. The molecule has 0 N–H and O–H groups in total. The average molecular weight is 299 g/mol. The first-order chi connectivity index (χ1) is 10.8. The average Bonchev–Trinajstić information content (AvgIpc) is 3.25. The van der Waals surface area contributed by atoms with Gasteiger partial charge in [0.2, 0.25) is 5.76 Å². The lowest BCUT2D eigenvalue weighted by Crippen LogP contribution is -2.03. The molecule has 0 spiro atoms. The van der Waals surface area contributed by atoms with E-state index >= 15 is 0 Å². The summed E-state index contributed by atoms with van der Waals surface area (Å²) in [6, 6.07) is 5.11. The van der Waals surface area contributed by atoms with Gasteiger partial charge in [-0.15, -0.1) is 0 Å². The highest BCUT2D eigenvalue weighted by Gasteiger charge is 2.16. The van der Waals surface area contributed by atoms with Crippen molar-refractivity contribution < 1.29 is 13.7 Å². The summed E-state index contributed by atoms with van der Waals surface area (Å²) < 4.78 is 12.2. The fourth-order valence-corrected chi connectivity index (χ4v) is 2.16. The van der Waals surface area contributed by atoms with Crippen LogP contribution in [0.1, 0.15) is 35.8 Å². The van der Waals surface area contributed by atoms with E-state index in [0.717, 1.165) is 24.9 Å². The number of hydrogen-bond acceptors (Lipinski definition) is 5. The zero-order valence-electron chi connectivity index (χ0n) is 12.4. The molecule has 0 unspecified atom stereocenters. The molecule has 3 heterocycles. The molecule has 0 aliphatic carbocycles. The third-order valence-corrected chi connectivity index (χ3v) is 3.35. The van der Waals surface area contributed by atoms with Crippen LogP contribution in [0.15, 0.2) is 45.8 Å². The largest absolute Gasteiger partial charge is 0.461 e. The SMILES string of the molecule is CCCCn1cc(CC(=O)c2cc(-c3ccco3)on2)cn1. The van der Waals surface area contributed by atoms with E-state index in [2.05, 4.69) is 17.2 Å². The van der Waals surface area contributed by atoms with Gasteiger partial charge in [-0.1, -0.05) is 18.5 Å². The first-order valence-electron chi connectivity index (χ1n) is 7.31. The lowest BCUT2D eigenvalue weighted by molar-refractivity contribution is 0.0984. The molecule has 0 saturated carbocycles. The predicted octanol–water partition coefficient (Wildman–Crippen LogP) is 3.36. The van der Waals surface area contributed by atoms with E-state index in [1.54, 1.807) is 30.7 Å². The Hall–Kier alpha value is -2.63. The van der Waals surface area contributed by atoms with E-state index in [0.29, 0.717) is 17.2 Å². The highest BCUT2D eigenvalue weighted by molar-refractivity contribution is 5.96. The van der Waals surface area contributed by atoms with Gasteiger partial charge in [0.15, 0.2) is 17.2 Å². The number of nitrogens with zero attached hydrogens (tertiary/aromatic N) is 3. The number of aromatic nitrogens is 3. The van der Waals surface area contributed by atoms with Crippen LogP contribution in [0, 0.1) is 0 Å². The van der Waals surface area contributed by atoms with Crippen LogP contribution in [-0.4, -0.2) is 20.7 Å². The van der Waals surface area contributed by atoms with Crippen molar-refractivity contribution in [2.45, 2.75) is 32.7 Å². The van der Waals surface area contributed by atoms with Crippen LogP contribution in [0.2, 0.25) is 0 Å². The summed E-state index contributed by atoms with van der Waals surface area (Å²) in [7, 11) is 0. The van der Waals surface area contributed by atoms with Crippen molar-refractivity contribution in [1.29, 1.82) is 0 Å². The molecule has 22 heavy (non-hydrogen) atoms. The zero-order valence-corrected chi connectivity index (χ0v) is 12.4. The van der Waals surface area contributed by atoms with Crippen LogP contribution in [0.4, 0.5) is 0 Å². The lowest BCUT2D eigenvalue weighted by Gasteiger charge is -1.97. The minimum absolute atomic E-state index is 0.100. The molecular weight excluding hydrogens is 282 g/mol. The Kier molecular flexibility index (Phi) is 4.18. The van der Waals surface area contributed by atoms with Gasteiger partial charge in [-0.05, 0) is 24.1 Å². The van der Waals surface area contributed by atoms with Crippen molar-refractivity contribution in [2.24, 2.45) is 0 Å². The van der Waals surface area contributed by atoms with Crippen LogP contribution >= 0.6 is 0 Å². The smallest absolute Gasteiger partial charge is 0.202 e. The molecule has 3 rings (SSSR count). The van der Waals surface area contributed by atoms with Gasteiger partial charge >= 0.3 is 0 Å². The van der Waals surface area contributed by atoms with Gasteiger partial charge in [0, 0.05) is 25.2 Å². The molecule has 0 aromatic carbocycles. The van der Waals surface area contributed by atoms with Crippen molar-refractivity contribution in [3.63, 3.8) is 0 Å². The molecule has 0 radical (unpaired) electrons. The van der Waals surface area contributed by atoms with Crippen LogP contribution in [0.25, 0.3) is 11.5 Å². The van der Waals surface area contributed by atoms with E-state index in [-0.39, 0.29) is 12.2 Å². The minimum atomic E-state index is -0.100. The molecule has 0 atom stereocenters. The molecule has 0 amide bonds. The number of Topliss-reactive ketones (excluding diaryl/α,β-unsaturated/α-hetero) is 1. The summed E-state index contributed by atoms with van der Waals surface area (Å²) in [6.45, 7) is 3.01. The standard InChI is InChI=1S/C16H17N3O3/c1-2-3-6-19-11-12(10-17-19)8-14(20)13-9-16(22-18-13)15-5-4-7-21-15/h4-5,7,9-11H,2-3,6,8H2,1H3. The summed E-state index contributed by atoms with van der Waals surface area (Å²) in [6.07, 6.45) is 7.62. The van der Waals surface area contributed by atoms with Gasteiger partial charge < -0.3 is 8.94 Å². The predicted molar refractivity (Wildman–Crippen MR) is 79.4 cm³/mol. The molecule has 6 nitrogen and oxygen atoms in total. The summed E-state index contributed by atoms with van der Waals surface area (Å²) in [5.41, 5.74) is 1.18. The van der Waals surface area contributed by atoms with Gasteiger partial charge in [0.1, 0.15) is 0 Å². The number of carbonyl (C=O) groups is 1. The van der Waals surface area contributed by atoms with Gasteiger partial charge in [-0.2, -0.15) is 5.10 Å². The number of furan rings is 1. The monoisotopic (exact) mass is 299 g/mol. The molecule has 3 aromatic rings. The van der Waals surface area contributed by atoms with Crippen molar-refractivity contribution in [1.82, 2.24) is 14.9 Å². The van der Waals surface area contributed by atoms with Crippen molar-refractivity contribution in [3.05, 3.63) is 48.1 Å². The molecule has 0 aliphatic rings. The van der Waals surface area contributed by atoms with E-state index < -0.39 is 0 Å². The molecule has 0 fully saturated rings. The molecule has 3 aromatic heterocycles. The number of rotatable bonds is 7. The first-order valence-corrected chi connectivity index (χ1v) is 7.31. The van der Waals surface area contributed by atoms with Gasteiger partial charge in [-0.3, -0.25) is 9.48 Å². The maximum Gasteiger partial charge on any atom is 0.202 e. The normalized spacial score (nSPS) is 11.0. The fraction of sp³-hybridized carbons (Fsp3) is 0.312. The number of carbonyl (C=O) groups excluding carboxylic acids is 1. The molecule has 0 bridgehead atoms. The highest BCUT2D eigenvalue weighted by Crippen LogP contribution is 2.21. The summed E-state index contributed by atoms with van der Waals surface area (Å²) in [5.74, 6) is 0.905. The Morgan fingerprint density at radius 3 is 3.05 bits per heavy atom. The van der Waals surface area contributed by atoms with E-state index in [4.69, 9.17) is 8.94 Å². The number of aryl methyl sites for hydroxylation is 1. The van der Waals surface area contributed by atoms with Crippen molar-refractivity contribution in [2.75, 3.05) is 0 Å². The second kappa shape index (κ2) is 6.43. The minimum Gasteiger partial charge on any atom is -0.461 e. The highest BCUT2D eigenvalue weighted by atomic mass is 16.5. The second-order valence-electron chi connectivity index (χ2n) is 5.12. The van der Waals surface area contributed by atoms with Crippen molar-refractivity contribution in [3.8, 4) is 11.5 Å². The molecular formula is C16H17N3O3. The van der Waals surface area contributed by atoms with Crippen LogP contribution in [-0.2, 0) is 13.0 Å². The molecule has 114 valence electrons. The molecule has 0 saturated heterocycles. The summed E-state index contributed by atoms with van der Waals surface area (Å²) in [4.78, 5) is 12.2. The Morgan fingerprint density at radius 2 is 2.27 bits per heavy atom. The Bertz CT molecular complexity index is 740. The topological polar surface area (TPSA) is 74.1 Å². The summed E-state index contributed by atoms with van der Waals surface area (Å²) >= 11 is 0. The maximum atomic E-state index is 12.2. The summed E-state index contributed by atoms with van der Waals surface area (Å²) in [5, 5.41) is 8.06. The fourth-order valence-electron chi connectivity index (χ4n) is 2.16. The third-order valence-electron chi connectivity index (χ3n) is 3.35. The van der Waals surface area contributed by atoms with E-state index in [1.165, 1.54) is 0 Å². The maximum absolute atomic E-state index is 12.2. The molecule has 0 aliphatic heterocycles. The van der Waals surface area contributed by atoms with Crippen LogP contribution in [0.3, 0.4) is 0 Å². The molecule has 6 heteroatoms. The van der Waals surface area contributed by atoms with Crippen molar-refractivity contribution >= 4 is 5.78 Å². The van der Waals surface area contributed by atoms with Gasteiger partial charge in [0.25, 0.3) is 0 Å². The number of unbranched alkanes of at least 4 members (excludes halogenated alkanes) is 1. The Labute approximate surface area is 127 Å². The first kappa shape index (κ1) is 14.3. The van der Waals surface area contributed by atoms with Gasteiger partial charge in [-0.25, -0.2) is 0 Å². The number of ketones is 1.